The van der Waals surface area contributed by atoms with E-state index in [1.807, 2.05) is 16.8 Å². The third-order valence-electron chi connectivity index (χ3n) is 5.52. The normalized spacial score (nSPS) is 36.0. The Morgan fingerprint density at radius 3 is 2.62 bits per heavy atom. The van der Waals surface area contributed by atoms with Crippen molar-refractivity contribution in [3.05, 3.63) is 0 Å². The van der Waals surface area contributed by atoms with Crippen LogP contribution in [-0.2, 0) is 4.79 Å². The monoisotopic (exact) mass is 295 g/mol. The van der Waals surface area contributed by atoms with Crippen LogP contribution in [0.4, 0.5) is 4.79 Å². The van der Waals surface area contributed by atoms with Gasteiger partial charge in [0.1, 0.15) is 0 Å². The summed E-state index contributed by atoms with van der Waals surface area (Å²) in [6, 6.07) is 0.321. The average Bonchev–Trinajstić information content (AvgIpc) is 3.03. The maximum Gasteiger partial charge on any atom is 0.320 e. The molecule has 3 heterocycles. The molecule has 2 amide bonds. The molecule has 21 heavy (non-hydrogen) atoms. The van der Waals surface area contributed by atoms with E-state index in [0.717, 1.165) is 38.8 Å². The predicted molar refractivity (Wildman–Crippen MR) is 78.1 cm³/mol. The number of carboxylic acid groups (broad SMARTS) is 1. The first-order chi connectivity index (χ1) is 9.99. The second kappa shape index (κ2) is 5.48. The smallest absolute Gasteiger partial charge is 0.320 e. The average molecular weight is 295 g/mol. The highest BCUT2D eigenvalue weighted by molar-refractivity contribution is 5.79. The summed E-state index contributed by atoms with van der Waals surface area (Å²) < 4.78 is 0. The Morgan fingerprint density at radius 2 is 2.00 bits per heavy atom. The van der Waals surface area contributed by atoms with Gasteiger partial charge >= 0.3 is 12.0 Å². The molecule has 2 bridgehead atoms. The van der Waals surface area contributed by atoms with Gasteiger partial charge in [-0.05, 0) is 45.7 Å². The van der Waals surface area contributed by atoms with E-state index in [1.165, 1.54) is 0 Å². The number of carboxylic acids is 1. The number of carbonyl (C=O) groups is 2. The molecule has 4 atom stereocenters. The van der Waals surface area contributed by atoms with E-state index in [1.54, 1.807) is 0 Å². The van der Waals surface area contributed by atoms with E-state index >= 15 is 0 Å². The predicted octanol–water partition coefficient (Wildman–Crippen LogP) is 1.07. The molecule has 3 rings (SSSR count). The minimum absolute atomic E-state index is 0.0338. The van der Waals surface area contributed by atoms with E-state index in [4.69, 9.17) is 0 Å². The number of likely N-dealkylation sites (tertiary alicyclic amines) is 1. The van der Waals surface area contributed by atoms with Crippen molar-refractivity contribution in [2.45, 2.75) is 50.2 Å². The molecule has 0 spiro atoms. The van der Waals surface area contributed by atoms with Crippen molar-refractivity contribution >= 4 is 12.0 Å². The van der Waals surface area contributed by atoms with E-state index in [2.05, 4.69) is 11.9 Å². The Kier molecular flexibility index (Phi) is 3.82. The van der Waals surface area contributed by atoms with Crippen molar-refractivity contribution in [2.75, 3.05) is 27.2 Å². The Hall–Kier alpha value is -1.30. The maximum absolute atomic E-state index is 12.8. The molecule has 118 valence electrons. The standard InChI is InChI=1S/C15H25N3O3/c1-16-7-3-4-11(9-16)17(2)15(21)18-10-5-6-13(18)12(8-10)14(19)20/h10-13H,3-9H2,1-2H3,(H,19,20). The van der Waals surface area contributed by atoms with Crippen LogP contribution in [0.25, 0.3) is 0 Å². The van der Waals surface area contributed by atoms with Gasteiger partial charge in [0.2, 0.25) is 0 Å². The zero-order valence-corrected chi connectivity index (χ0v) is 12.9. The van der Waals surface area contributed by atoms with E-state index in [0.29, 0.717) is 6.42 Å². The number of piperidine rings is 1. The highest BCUT2D eigenvalue weighted by Gasteiger charge is 2.52. The van der Waals surface area contributed by atoms with Crippen LogP contribution in [0.15, 0.2) is 0 Å². The molecule has 3 aliphatic heterocycles. The molecule has 1 N–H and O–H groups in total. The van der Waals surface area contributed by atoms with E-state index in [9.17, 15) is 14.7 Å². The summed E-state index contributed by atoms with van der Waals surface area (Å²) in [6.45, 7) is 2.00. The van der Waals surface area contributed by atoms with Gasteiger partial charge < -0.3 is 19.8 Å². The number of urea groups is 1. The zero-order valence-electron chi connectivity index (χ0n) is 12.9. The van der Waals surface area contributed by atoms with Crippen LogP contribution in [-0.4, -0.2) is 77.1 Å². The number of aliphatic carboxylic acids is 1. The Labute approximate surface area is 125 Å². The van der Waals surface area contributed by atoms with Gasteiger partial charge in [-0.1, -0.05) is 0 Å². The highest BCUT2D eigenvalue weighted by Crippen LogP contribution is 2.42. The first-order valence-electron chi connectivity index (χ1n) is 7.95. The summed E-state index contributed by atoms with van der Waals surface area (Å²) in [5.74, 6) is -1.12. The number of amides is 2. The van der Waals surface area contributed by atoms with Crippen LogP contribution in [0.1, 0.15) is 32.1 Å². The van der Waals surface area contributed by atoms with Crippen molar-refractivity contribution in [3.8, 4) is 0 Å². The molecule has 6 nitrogen and oxygen atoms in total. The number of rotatable bonds is 2. The largest absolute Gasteiger partial charge is 0.481 e. The summed E-state index contributed by atoms with van der Waals surface area (Å²) in [7, 11) is 3.96. The van der Waals surface area contributed by atoms with E-state index < -0.39 is 5.97 Å². The Bertz CT molecular complexity index is 442. The lowest BCUT2D eigenvalue weighted by Gasteiger charge is -2.38. The summed E-state index contributed by atoms with van der Waals surface area (Å²) >= 11 is 0. The van der Waals surface area contributed by atoms with Crippen molar-refractivity contribution in [1.29, 1.82) is 0 Å². The maximum atomic E-state index is 12.8. The van der Waals surface area contributed by atoms with Gasteiger partial charge in [-0.2, -0.15) is 0 Å². The quantitative estimate of drug-likeness (QED) is 0.827. The Morgan fingerprint density at radius 1 is 1.24 bits per heavy atom. The van der Waals surface area contributed by atoms with Crippen LogP contribution in [0, 0.1) is 5.92 Å². The highest BCUT2D eigenvalue weighted by atomic mass is 16.4. The second-order valence-corrected chi connectivity index (χ2v) is 6.84. The lowest BCUT2D eigenvalue weighted by Crippen LogP contribution is -2.53. The number of hydrogen-bond acceptors (Lipinski definition) is 3. The van der Waals surface area contributed by atoms with Crippen LogP contribution >= 0.6 is 0 Å². The van der Waals surface area contributed by atoms with Gasteiger partial charge in [-0.15, -0.1) is 0 Å². The van der Waals surface area contributed by atoms with Crippen molar-refractivity contribution < 1.29 is 14.7 Å². The molecule has 0 aromatic heterocycles. The number of fused-ring (bicyclic) bond motifs is 2. The molecular formula is C15H25N3O3. The summed E-state index contributed by atoms with van der Waals surface area (Å²) in [5.41, 5.74) is 0. The second-order valence-electron chi connectivity index (χ2n) is 6.84. The van der Waals surface area contributed by atoms with Crippen LogP contribution in [0.5, 0.6) is 0 Å². The first-order valence-corrected chi connectivity index (χ1v) is 7.95. The zero-order chi connectivity index (χ0) is 15.1. The van der Waals surface area contributed by atoms with Gasteiger partial charge in [0.15, 0.2) is 0 Å². The summed E-state index contributed by atoms with van der Waals surface area (Å²) in [4.78, 5) is 30.1. The topological polar surface area (TPSA) is 64.1 Å². The minimum atomic E-state index is -0.750. The SMILES string of the molecule is CN1CCCC(N(C)C(=O)N2C3CCC2C(C(=O)O)C3)C1. The summed E-state index contributed by atoms with van der Waals surface area (Å²) in [5, 5.41) is 9.30. The number of hydrogen-bond donors (Lipinski definition) is 1. The first kappa shape index (κ1) is 14.6. The molecule has 6 heteroatoms. The third-order valence-corrected chi connectivity index (χ3v) is 5.52. The van der Waals surface area contributed by atoms with Crippen molar-refractivity contribution in [1.82, 2.24) is 14.7 Å². The van der Waals surface area contributed by atoms with Crippen molar-refractivity contribution in [2.24, 2.45) is 5.92 Å². The van der Waals surface area contributed by atoms with Crippen LogP contribution < -0.4 is 0 Å². The number of likely N-dealkylation sites (N-methyl/N-ethyl adjacent to an activating group) is 2. The van der Waals surface area contributed by atoms with Gasteiger partial charge in [0, 0.05) is 31.7 Å². The fraction of sp³-hybridized carbons (Fsp3) is 0.867. The Balaban J connectivity index is 1.69. The van der Waals surface area contributed by atoms with Crippen LogP contribution in [0.2, 0.25) is 0 Å². The van der Waals surface area contributed by atoms with Gasteiger partial charge in [-0.25, -0.2) is 4.79 Å². The molecule has 0 aromatic carbocycles. The third kappa shape index (κ3) is 2.50. The van der Waals surface area contributed by atoms with Gasteiger partial charge in [-0.3, -0.25) is 4.79 Å². The molecule has 3 aliphatic rings. The lowest BCUT2D eigenvalue weighted by molar-refractivity contribution is -0.142. The molecule has 0 radical (unpaired) electrons. The molecular weight excluding hydrogens is 270 g/mol. The lowest BCUT2D eigenvalue weighted by atomic mass is 9.89. The molecule has 3 fully saturated rings. The van der Waals surface area contributed by atoms with E-state index in [-0.39, 0.29) is 30.1 Å². The summed E-state index contributed by atoms with van der Waals surface area (Å²) in [6.07, 6.45) is 4.58. The fourth-order valence-corrected chi connectivity index (χ4v) is 4.35. The van der Waals surface area contributed by atoms with Gasteiger partial charge in [0.05, 0.1) is 5.92 Å². The molecule has 3 saturated heterocycles. The molecule has 0 aromatic rings. The molecule has 0 saturated carbocycles. The number of nitrogens with zero attached hydrogens (tertiary/aromatic N) is 3. The van der Waals surface area contributed by atoms with Crippen LogP contribution in [0.3, 0.4) is 0 Å². The fourth-order valence-electron chi connectivity index (χ4n) is 4.35. The molecule has 4 unspecified atom stereocenters. The van der Waals surface area contributed by atoms with Gasteiger partial charge in [0.25, 0.3) is 0 Å². The number of carbonyl (C=O) groups excluding carboxylic acids is 1. The van der Waals surface area contributed by atoms with Crippen molar-refractivity contribution in [3.63, 3.8) is 0 Å². The molecule has 0 aliphatic carbocycles. The minimum Gasteiger partial charge on any atom is -0.481 e.